The maximum absolute atomic E-state index is 12.7. The first-order valence-electron chi connectivity index (χ1n) is 8.46. The smallest absolute Gasteiger partial charge is 0.272 e. The molecule has 1 aliphatic heterocycles. The number of hydrogen-bond donors (Lipinski definition) is 1. The Morgan fingerprint density at radius 2 is 1.76 bits per heavy atom. The molecule has 0 radical (unpaired) electrons. The predicted molar refractivity (Wildman–Crippen MR) is 98.0 cm³/mol. The van der Waals surface area contributed by atoms with E-state index in [0.29, 0.717) is 22.0 Å². The molecule has 0 atom stereocenters. The van der Waals surface area contributed by atoms with Crippen molar-refractivity contribution < 1.29 is 9.59 Å². The molecule has 1 aromatic carbocycles. The Bertz CT molecular complexity index is 771. The average Bonchev–Trinajstić information content (AvgIpc) is 2.92. The number of pyridine rings is 1. The molecule has 0 aliphatic carbocycles. The van der Waals surface area contributed by atoms with Crippen LogP contribution in [0.25, 0.3) is 0 Å². The summed E-state index contributed by atoms with van der Waals surface area (Å²) in [5, 5.41) is 3.22. The van der Waals surface area contributed by atoms with Crippen molar-refractivity contribution in [3.8, 4) is 0 Å². The monoisotopic (exact) mass is 357 g/mol. The standard InChI is InChI=1S/C19H20ClN3O2/c20-15-7-3-4-8-16(15)22-18(24)14-9-10-21-17(13-14)19(25)23-11-5-1-2-6-12-23/h3-4,7-10,13H,1-2,5-6,11-12H2,(H,22,24). The van der Waals surface area contributed by atoms with Crippen LogP contribution in [0.15, 0.2) is 42.6 Å². The highest BCUT2D eigenvalue weighted by Crippen LogP contribution is 2.21. The van der Waals surface area contributed by atoms with Crippen LogP contribution in [0.5, 0.6) is 0 Å². The summed E-state index contributed by atoms with van der Waals surface area (Å²) in [5.41, 5.74) is 1.22. The number of nitrogens with zero attached hydrogens (tertiary/aromatic N) is 2. The van der Waals surface area contributed by atoms with Gasteiger partial charge in [-0.3, -0.25) is 14.6 Å². The minimum absolute atomic E-state index is 0.116. The van der Waals surface area contributed by atoms with E-state index in [9.17, 15) is 9.59 Å². The molecular formula is C19H20ClN3O2. The van der Waals surface area contributed by atoms with Gasteiger partial charge in [0.2, 0.25) is 0 Å². The highest BCUT2D eigenvalue weighted by Gasteiger charge is 2.19. The molecule has 0 unspecified atom stereocenters. The molecular weight excluding hydrogens is 338 g/mol. The third kappa shape index (κ3) is 4.37. The van der Waals surface area contributed by atoms with Gasteiger partial charge in [-0.2, -0.15) is 0 Å². The van der Waals surface area contributed by atoms with E-state index in [2.05, 4.69) is 10.3 Å². The quantitative estimate of drug-likeness (QED) is 0.902. The number of carbonyl (C=O) groups is 2. The number of aromatic nitrogens is 1. The van der Waals surface area contributed by atoms with E-state index < -0.39 is 0 Å². The lowest BCUT2D eigenvalue weighted by Gasteiger charge is -2.19. The number of amides is 2. The second-order valence-electron chi connectivity index (χ2n) is 6.07. The number of halogens is 1. The van der Waals surface area contributed by atoms with E-state index in [1.54, 1.807) is 36.4 Å². The summed E-state index contributed by atoms with van der Waals surface area (Å²) in [6.07, 6.45) is 5.82. The van der Waals surface area contributed by atoms with Crippen molar-refractivity contribution >= 4 is 29.1 Å². The lowest BCUT2D eigenvalue weighted by molar-refractivity contribution is 0.0755. The first-order chi connectivity index (χ1) is 12.1. The first kappa shape index (κ1) is 17.4. The summed E-state index contributed by atoms with van der Waals surface area (Å²) in [5.74, 6) is -0.435. The number of rotatable bonds is 3. The number of nitrogens with one attached hydrogen (secondary N) is 1. The van der Waals surface area contributed by atoms with Crippen LogP contribution in [0.2, 0.25) is 5.02 Å². The molecule has 130 valence electrons. The number of benzene rings is 1. The summed E-state index contributed by atoms with van der Waals surface area (Å²) in [4.78, 5) is 31.1. The first-order valence-corrected chi connectivity index (χ1v) is 8.84. The topological polar surface area (TPSA) is 62.3 Å². The predicted octanol–water partition coefficient (Wildman–Crippen LogP) is 4.00. The van der Waals surface area contributed by atoms with Gasteiger partial charge in [-0.05, 0) is 37.1 Å². The molecule has 0 bridgehead atoms. The van der Waals surface area contributed by atoms with Crippen molar-refractivity contribution in [2.24, 2.45) is 0 Å². The van der Waals surface area contributed by atoms with Gasteiger partial charge in [0.1, 0.15) is 5.69 Å². The zero-order chi connectivity index (χ0) is 17.6. The Morgan fingerprint density at radius 1 is 1.04 bits per heavy atom. The lowest BCUT2D eigenvalue weighted by Crippen LogP contribution is -2.32. The number of anilines is 1. The number of hydrogen-bond acceptors (Lipinski definition) is 3. The van der Waals surface area contributed by atoms with Crippen LogP contribution in [0.1, 0.15) is 46.5 Å². The summed E-state index contributed by atoms with van der Waals surface area (Å²) in [6.45, 7) is 1.49. The Kier molecular flexibility index (Phi) is 5.66. The molecule has 1 fully saturated rings. The maximum Gasteiger partial charge on any atom is 0.272 e. The lowest BCUT2D eigenvalue weighted by atomic mass is 10.2. The molecule has 1 aromatic heterocycles. The zero-order valence-electron chi connectivity index (χ0n) is 13.9. The minimum atomic E-state index is -0.319. The van der Waals surface area contributed by atoms with Gasteiger partial charge in [0, 0.05) is 24.8 Å². The number of para-hydroxylation sites is 1. The van der Waals surface area contributed by atoms with E-state index in [-0.39, 0.29) is 11.8 Å². The third-order valence-electron chi connectivity index (χ3n) is 4.26. The highest BCUT2D eigenvalue weighted by molar-refractivity contribution is 6.33. The van der Waals surface area contributed by atoms with Crippen LogP contribution >= 0.6 is 11.6 Å². The molecule has 1 saturated heterocycles. The fraction of sp³-hybridized carbons (Fsp3) is 0.316. The molecule has 3 rings (SSSR count). The normalized spacial score (nSPS) is 14.7. The van der Waals surface area contributed by atoms with Crippen molar-refractivity contribution in [3.63, 3.8) is 0 Å². The molecule has 1 N–H and O–H groups in total. The number of likely N-dealkylation sites (tertiary alicyclic amines) is 1. The van der Waals surface area contributed by atoms with Gasteiger partial charge >= 0.3 is 0 Å². The Hall–Kier alpha value is -2.40. The average molecular weight is 358 g/mol. The third-order valence-corrected chi connectivity index (χ3v) is 4.59. The van der Waals surface area contributed by atoms with Gasteiger partial charge in [0.25, 0.3) is 11.8 Å². The van der Waals surface area contributed by atoms with E-state index in [1.807, 2.05) is 4.90 Å². The summed E-state index contributed by atoms with van der Waals surface area (Å²) in [7, 11) is 0. The zero-order valence-corrected chi connectivity index (χ0v) is 14.6. The molecule has 2 heterocycles. The molecule has 5 nitrogen and oxygen atoms in total. The van der Waals surface area contributed by atoms with Crippen LogP contribution in [0, 0.1) is 0 Å². The van der Waals surface area contributed by atoms with Crippen molar-refractivity contribution in [3.05, 3.63) is 58.9 Å². The van der Waals surface area contributed by atoms with Crippen LogP contribution in [-0.4, -0.2) is 34.8 Å². The van der Waals surface area contributed by atoms with E-state index in [4.69, 9.17) is 11.6 Å². The molecule has 2 amide bonds. The molecule has 6 heteroatoms. The van der Waals surface area contributed by atoms with Crippen LogP contribution in [0.3, 0.4) is 0 Å². The molecule has 0 saturated carbocycles. The van der Waals surface area contributed by atoms with Gasteiger partial charge in [0.05, 0.1) is 10.7 Å². The van der Waals surface area contributed by atoms with Gasteiger partial charge < -0.3 is 10.2 Å². The fourth-order valence-corrected chi connectivity index (χ4v) is 3.06. The fourth-order valence-electron chi connectivity index (χ4n) is 2.88. The maximum atomic E-state index is 12.7. The molecule has 0 spiro atoms. The van der Waals surface area contributed by atoms with Crippen molar-refractivity contribution in [2.45, 2.75) is 25.7 Å². The molecule has 1 aliphatic rings. The minimum Gasteiger partial charge on any atom is -0.337 e. The molecule has 2 aromatic rings. The van der Waals surface area contributed by atoms with E-state index in [0.717, 1.165) is 38.8 Å². The summed E-state index contributed by atoms with van der Waals surface area (Å²) < 4.78 is 0. The van der Waals surface area contributed by atoms with Crippen LogP contribution in [-0.2, 0) is 0 Å². The SMILES string of the molecule is O=C(Nc1ccccc1Cl)c1ccnc(C(=O)N2CCCCCC2)c1. The van der Waals surface area contributed by atoms with Gasteiger partial charge in [-0.15, -0.1) is 0 Å². The van der Waals surface area contributed by atoms with Crippen LogP contribution in [0.4, 0.5) is 5.69 Å². The largest absolute Gasteiger partial charge is 0.337 e. The molecule has 25 heavy (non-hydrogen) atoms. The second kappa shape index (κ2) is 8.12. The van der Waals surface area contributed by atoms with E-state index in [1.165, 1.54) is 6.20 Å². The van der Waals surface area contributed by atoms with Crippen molar-refractivity contribution in [1.82, 2.24) is 9.88 Å². The van der Waals surface area contributed by atoms with Crippen molar-refractivity contribution in [2.75, 3.05) is 18.4 Å². The van der Waals surface area contributed by atoms with E-state index >= 15 is 0 Å². The van der Waals surface area contributed by atoms with Gasteiger partial charge in [0.15, 0.2) is 0 Å². The Morgan fingerprint density at radius 3 is 2.48 bits per heavy atom. The van der Waals surface area contributed by atoms with Crippen molar-refractivity contribution in [1.29, 1.82) is 0 Å². The summed E-state index contributed by atoms with van der Waals surface area (Å²) >= 11 is 6.07. The Balaban J connectivity index is 1.75. The van der Waals surface area contributed by atoms with Gasteiger partial charge in [-0.1, -0.05) is 36.6 Å². The van der Waals surface area contributed by atoms with Crippen LogP contribution < -0.4 is 5.32 Å². The van der Waals surface area contributed by atoms with Gasteiger partial charge in [-0.25, -0.2) is 0 Å². The number of carbonyl (C=O) groups excluding carboxylic acids is 2. The summed E-state index contributed by atoms with van der Waals surface area (Å²) in [6, 6.07) is 10.2. The second-order valence-corrected chi connectivity index (χ2v) is 6.48. The highest BCUT2D eigenvalue weighted by atomic mass is 35.5. The Labute approximate surface area is 152 Å².